The maximum atomic E-state index is 6.12. The normalized spacial score (nSPS) is 12.0. The first-order chi connectivity index (χ1) is 24.7. The Morgan fingerprint density at radius 2 is 0.980 bits per heavy atom. The van der Waals surface area contributed by atoms with E-state index in [4.69, 9.17) is 9.40 Å². The second kappa shape index (κ2) is 10.7. The van der Waals surface area contributed by atoms with E-state index >= 15 is 0 Å². The Morgan fingerprint density at radius 1 is 0.440 bits per heavy atom. The minimum Gasteiger partial charge on any atom is -0.436 e. The van der Waals surface area contributed by atoms with Gasteiger partial charge in [0.25, 0.3) is 0 Å². The topological polar surface area (TPSA) is 29.3 Å². The molecule has 0 saturated carbocycles. The lowest BCUT2D eigenvalue weighted by Gasteiger charge is -2.26. The SMILES string of the molecule is c1ccc2c(c1)ccc1sc3cc(N(c4ccc(-c5nc6ccccc6o5)cc4)c4ccc5c(c4)sc4ccc6ccccc6c45)ccc3c12. The molecule has 0 atom stereocenters. The number of hydrogen-bond acceptors (Lipinski definition) is 5. The quantitative estimate of drug-likeness (QED) is 0.186. The number of fused-ring (bicyclic) bond motifs is 11. The highest BCUT2D eigenvalue weighted by molar-refractivity contribution is 7.26. The van der Waals surface area contributed by atoms with Gasteiger partial charge in [-0.05, 0) is 94.3 Å². The van der Waals surface area contributed by atoms with Crippen LogP contribution in [0.4, 0.5) is 17.1 Å². The van der Waals surface area contributed by atoms with Crippen LogP contribution in [0.25, 0.3) is 84.4 Å². The van der Waals surface area contributed by atoms with Crippen molar-refractivity contribution in [3.8, 4) is 11.5 Å². The molecule has 3 nitrogen and oxygen atoms in total. The summed E-state index contributed by atoms with van der Waals surface area (Å²) in [6.07, 6.45) is 0. The molecule has 234 valence electrons. The highest BCUT2D eigenvalue weighted by atomic mass is 32.1. The zero-order valence-electron chi connectivity index (χ0n) is 26.6. The van der Waals surface area contributed by atoms with Gasteiger partial charge in [0.1, 0.15) is 5.52 Å². The van der Waals surface area contributed by atoms with Crippen LogP contribution in [-0.2, 0) is 0 Å². The van der Waals surface area contributed by atoms with Gasteiger partial charge >= 0.3 is 0 Å². The number of aromatic nitrogens is 1. The van der Waals surface area contributed by atoms with Gasteiger partial charge in [-0.2, -0.15) is 0 Å². The first kappa shape index (κ1) is 27.9. The van der Waals surface area contributed by atoms with Gasteiger partial charge in [0, 0.05) is 63.0 Å². The van der Waals surface area contributed by atoms with Gasteiger partial charge in [0.2, 0.25) is 5.89 Å². The van der Waals surface area contributed by atoms with Crippen molar-refractivity contribution in [1.29, 1.82) is 0 Å². The fourth-order valence-electron chi connectivity index (χ4n) is 7.54. The van der Waals surface area contributed by atoms with Crippen molar-refractivity contribution in [2.45, 2.75) is 0 Å². The Hall–Kier alpha value is -6.01. The molecule has 0 spiro atoms. The Labute approximate surface area is 294 Å². The number of oxazole rings is 1. The summed E-state index contributed by atoms with van der Waals surface area (Å²) in [5, 5.41) is 10.4. The van der Waals surface area contributed by atoms with E-state index in [2.05, 4.69) is 138 Å². The maximum Gasteiger partial charge on any atom is 0.227 e. The standard InChI is InChI=1S/C45H26N2OS2/c1-3-9-33-27(7-1)15-23-39-43(33)35-21-19-31(25-41(35)49-39)47(30-17-13-29(14-18-30)45-46-37-11-5-6-12-38(37)48-45)32-20-22-36-42(26-32)50-40-24-16-28-8-2-4-10-34(28)44(36)40/h1-26H. The van der Waals surface area contributed by atoms with E-state index in [0.29, 0.717) is 5.89 Å². The molecule has 0 amide bonds. The van der Waals surface area contributed by atoms with Crippen LogP contribution in [-0.4, -0.2) is 4.98 Å². The summed E-state index contributed by atoms with van der Waals surface area (Å²) in [7, 11) is 0. The first-order valence-corrected chi connectivity index (χ1v) is 18.3. The summed E-state index contributed by atoms with van der Waals surface area (Å²) in [4.78, 5) is 7.12. The Morgan fingerprint density at radius 3 is 1.58 bits per heavy atom. The zero-order chi connectivity index (χ0) is 32.8. The molecule has 11 rings (SSSR count). The van der Waals surface area contributed by atoms with Crippen molar-refractivity contribution < 1.29 is 4.42 Å². The number of thiophene rings is 2. The third-order valence-electron chi connectivity index (χ3n) is 9.87. The van der Waals surface area contributed by atoms with E-state index in [1.54, 1.807) is 0 Å². The van der Waals surface area contributed by atoms with Gasteiger partial charge < -0.3 is 9.32 Å². The van der Waals surface area contributed by atoms with E-state index < -0.39 is 0 Å². The van der Waals surface area contributed by atoms with Crippen LogP contribution in [0.15, 0.2) is 162 Å². The molecule has 3 aromatic heterocycles. The van der Waals surface area contributed by atoms with Crippen LogP contribution in [0, 0.1) is 0 Å². The zero-order valence-corrected chi connectivity index (χ0v) is 28.3. The van der Waals surface area contributed by atoms with E-state index in [1.165, 1.54) is 61.9 Å². The highest BCUT2D eigenvalue weighted by Crippen LogP contribution is 2.45. The van der Waals surface area contributed by atoms with Crippen LogP contribution >= 0.6 is 22.7 Å². The van der Waals surface area contributed by atoms with Crippen molar-refractivity contribution >= 4 is 113 Å². The number of hydrogen-bond donors (Lipinski definition) is 0. The van der Waals surface area contributed by atoms with Crippen molar-refractivity contribution in [3.05, 3.63) is 158 Å². The molecule has 11 aromatic rings. The monoisotopic (exact) mass is 674 g/mol. The maximum absolute atomic E-state index is 6.12. The Kier molecular flexibility index (Phi) is 5.99. The number of anilines is 3. The van der Waals surface area contributed by atoms with E-state index in [9.17, 15) is 0 Å². The Bertz CT molecular complexity index is 2930. The molecular formula is C45H26N2OS2. The van der Waals surface area contributed by atoms with Crippen LogP contribution in [0.2, 0.25) is 0 Å². The molecular weight excluding hydrogens is 649 g/mol. The smallest absolute Gasteiger partial charge is 0.227 e. The minimum absolute atomic E-state index is 0.627. The highest BCUT2D eigenvalue weighted by Gasteiger charge is 2.19. The molecule has 8 aromatic carbocycles. The third-order valence-corrected chi connectivity index (χ3v) is 12.1. The predicted molar refractivity (Wildman–Crippen MR) is 215 cm³/mol. The van der Waals surface area contributed by atoms with E-state index in [0.717, 1.165) is 33.7 Å². The summed E-state index contributed by atoms with van der Waals surface area (Å²) in [5.41, 5.74) is 5.91. The van der Waals surface area contributed by atoms with Gasteiger partial charge in [-0.25, -0.2) is 4.98 Å². The van der Waals surface area contributed by atoms with Gasteiger partial charge in [0.05, 0.1) is 0 Å². The minimum atomic E-state index is 0.627. The number of benzene rings is 8. The summed E-state index contributed by atoms with van der Waals surface area (Å²) >= 11 is 3.72. The molecule has 50 heavy (non-hydrogen) atoms. The molecule has 0 aliphatic heterocycles. The molecule has 0 bridgehead atoms. The fraction of sp³-hybridized carbons (Fsp3) is 0. The van der Waals surface area contributed by atoms with Crippen molar-refractivity contribution in [3.63, 3.8) is 0 Å². The molecule has 0 N–H and O–H groups in total. The van der Waals surface area contributed by atoms with Crippen molar-refractivity contribution in [1.82, 2.24) is 4.98 Å². The van der Waals surface area contributed by atoms with Gasteiger partial charge in [-0.1, -0.05) is 84.9 Å². The lowest BCUT2D eigenvalue weighted by atomic mass is 10.0. The van der Waals surface area contributed by atoms with Gasteiger partial charge in [-0.3, -0.25) is 0 Å². The molecule has 0 aliphatic carbocycles. The third kappa shape index (κ3) is 4.24. The summed E-state index contributed by atoms with van der Waals surface area (Å²) in [6.45, 7) is 0. The lowest BCUT2D eigenvalue weighted by molar-refractivity contribution is 0.620. The lowest BCUT2D eigenvalue weighted by Crippen LogP contribution is -2.09. The summed E-state index contributed by atoms with van der Waals surface area (Å²) in [6, 6.07) is 56.7. The van der Waals surface area contributed by atoms with Crippen LogP contribution < -0.4 is 4.90 Å². The van der Waals surface area contributed by atoms with Crippen molar-refractivity contribution in [2.24, 2.45) is 0 Å². The van der Waals surface area contributed by atoms with Crippen LogP contribution in [0.5, 0.6) is 0 Å². The number of nitrogens with zero attached hydrogens (tertiary/aromatic N) is 2. The molecule has 0 fully saturated rings. The van der Waals surface area contributed by atoms with E-state index in [-0.39, 0.29) is 0 Å². The first-order valence-electron chi connectivity index (χ1n) is 16.7. The molecule has 5 heteroatoms. The number of para-hydroxylation sites is 2. The fourth-order valence-corrected chi connectivity index (χ4v) is 9.85. The van der Waals surface area contributed by atoms with Gasteiger partial charge in [0.15, 0.2) is 5.58 Å². The second-order valence-corrected chi connectivity index (χ2v) is 14.9. The van der Waals surface area contributed by atoms with Crippen molar-refractivity contribution in [2.75, 3.05) is 4.90 Å². The van der Waals surface area contributed by atoms with Gasteiger partial charge in [-0.15, -0.1) is 22.7 Å². The van der Waals surface area contributed by atoms with Crippen LogP contribution in [0.1, 0.15) is 0 Å². The predicted octanol–water partition coefficient (Wildman–Crippen LogP) is 14.0. The molecule has 0 aliphatic rings. The second-order valence-electron chi connectivity index (χ2n) is 12.8. The Balaban J connectivity index is 1.09. The largest absolute Gasteiger partial charge is 0.436 e. The average Bonchev–Trinajstić information content (AvgIpc) is 3.88. The molecule has 0 radical (unpaired) electrons. The molecule has 0 unspecified atom stereocenters. The van der Waals surface area contributed by atoms with E-state index in [1.807, 2.05) is 46.9 Å². The average molecular weight is 675 g/mol. The summed E-state index contributed by atoms with van der Waals surface area (Å²) < 4.78 is 11.3. The molecule has 3 heterocycles. The van der Waals surface area contributed by atoms with Crippen LogP contribution in [0.3, 0.4) is 0 Å². The molecule has 0 saturated heterocycles. The summed E-state index contributed by atoms with van der Waals surface area (Å²) in [5.74, 6) is 0.627. The number of rotatable bonds is 4.